The van der Waals surface area contributed by atoms with Crippen LogP contribution in [0.5, 0.6) is 0 Å². The molecule has 0 aliphatic carbocycles. The first kappa shape index (κ1) is 27.3. The highest BCUT2D eigenvalue weighted by atomic mass is 35.5. The van der Waals surface area contributed by atoms with E-state index in [4.69, 9.17) is 16.3 Å². The highest BCUT2D eigenvalue weighted by molar-refractivity contribution is 6.30. The molecule has 0 spiro atoms. The van der Waals surface area contributed by atoms with Crippen molar-refractivity contribution in [3.05, 3.63) is 29.3 Å². The van der Waals surface area contributed by atoms with Gasteiger partial charge in [0.05, 0.1) is 6.61 Å². The first-order chi connectivity index (χ1) is 15.1. The van der Waals surface area contributed by atoms with Gasteiger partial charge in [0, 0.05) is 23.7 Å². The van der Waals surface area contributed by atoms with E-state index in [1.54, 1.807) is 24.3 Å². The van der Waals surface area contributed by atoms with E-state index in [1.165, 1.54) is 57.8 Å². The van der Waals surface area contributed by atoms with Gasteiger partial charge in [0.2, 0.25) is 0 Å². The lowest BCUT2D eigenvalue weighted by atomic mass is 10.0. The van der Waals surface area contributed by atoms with E-state index in [0.29, 0.717) is 24.6 Å². The van der Waals surface area contributed by atoms with Crippen LogP contribution in [-0.4, -0.2) is 25.2 Å². The molecule has 2 amide bonds. The number of esters is 1. The Morgan fingerprint density at radius 1 is 0.774 bits per heavy atom. The predicted molar refractivity (Wildman–Crippen MR) is 130 cm³/mol. The first-order valence-electron chi connectivity index (χ1n) is 12.1. The number of urea groups is 1. The Hall–Kier alpha value is -1.75. The number of carbonyl (C=O) groups is 2. The van der Waals surface area contributed by atoms with Gasteiger partial charge in [-0.3, -0.25) is 4.79 Å². The lowest BCUT2D eigenvalue weighted by molar-refractivity contribution is -0.143. The first-order valence-corrected chi connectivity index (χ1v) is 12.5. The molecule has 1 aromatic rings. The smallest absolute Gasteiger partial charge is 0.319 e. The number of nitrogens with one attached hydrogen (secondary N) is 2. The van der Waals surface area contributed by atoms with Crippen molar-refractivity contribution < 1.29 is 14.3 Å². The molecule has 2 N–H and O–H groups in total. The number of benzene rings is 1. The van der Waals surface area contributed by atoms with Gasteiger partial charge < -0.3 is 15.4 Å². The molecule has 0 fully saturated rings. The molecule has 0 unspecified atom stereocenters. The summed E-state index contributed by atoms with van der Waals surface area (Å²) in [6.07, 6.45) is 16.5. The standard InChI is InChI=1S/C25H41ClN2O3/c1-2-31-24(29)16-14-12-10-8-6-4-3-5-7-9-11-13-15-21-27-25(30)28-23-19-17-22(26)18-20-23/h17-20H,2-16,21H2,1H3,(H2,27,28,30). The van der Waals surface area contributed by atoms with Gasteiger partial charge in [-0.1, -0.05) is 82.2 Å². The molecule has 0 bridgehead atoms. The molecule has 0 aliphatic heterocycles. The van der Waals surface area contributed by atoms with Gasteiger partial charge in [-0.15, -0.1) is 0 Å². The molecule has 1 rings (SSSR count). The number of carbonyl (C=O) groups excluding carboxylic acids is 2. The Morgan fingerprint density at radius 3 is 1.77 bits per heavy atom. The molecular weight excluding hydrogens is 412 g/mol. The Bertz CT molecular complexity index is 593. The largest absolute Gasteiger partial charge is 0.466 e. The lowest BCUT2D eigenvalue weighted by Gasteiger charge is -2.07. The third-order valence-corrected chi connectivity index (χ3v) is 5.50. The Morgan fingerprint density at radius 2 is 1.26 bits per heavy atom. The summed E-state index contributed by atoms with van der Waals surface area (Å²) in [5.74, 6) is -0.0570. The number of anilines is 1. The highest BCUT2D eigenvalue weighted by Crippen LogP contribution is 2.14. The van der Waals surface area contributed by atoms with E-state index in [1.807, 2.05) is 6.92 Å². The van der Waals surface area contributed by atoms with E-state index in [-0.39, 0.29) is 12.0 Å². The van der Waals surface area contributed by atoms with Gasteiger partial charge in [-0.05, 0) is 44.0 Å². The maximum Gasteiger partial charge on any atom is 0.319 e. The SMILES string of the molecule is CCOC(=O)CCCCCCCCCCCCCCCNC(=O)Nc1ccc(Cl)cc1. The fraction of sp³-hybridized carbons (Fsp3) is 0.680. The van der Waals surface area contributed by atoms with Gasteiger partial charge in [0.15, 0.2) is 0 Å². The third kappa shape index (κ3) is 16.6. The summed E-state index contributed by atoms with van der Waals surface area (Å²) < 4.78 is 4.93. The minimum atomic E-state index is -0.165. The topological polar surface area (TPSA) is 67.4 Å². The maximum atomic E-state index is 11.8. The van der Waals surface area contributed by atoms with Gasteiger partial charge in [-0.2, -0.15) is 0 Å². The van der Waals surface area contributed by atoms with Crippen LogP contribution in [0.25, 0.3) is 0 Å². The summed E-state index contributed by atoms with van der Waals surface area (Å²) in [6.45, 7) is 3.04. The normalized spacial score (nSPS) is 10.6. The molecule has 1 aromatic carbocycles. The summed E-state index contributed by atoms with van der Waals surface area (Å²) in [6, 6.07) is 6.93. The highest BCUT2D eigenvalue weighted by Gasteiger charge is 2.02. The molecule has 0 saturated heterocycles. The van der Waals surface area contributed by atoms with Crippen molar-refractivity contribution in [1.82, 2.24) is 5.32 Å². The average Bonchev–Trinajstić information content (AvgIpc) is 2.75. The molecule has 0 atom stereocenters. The summed E-state index contributed by atoms with van der Waals surface area (Å²) in [7, 11) is 0. The van der Waals surface area contributed by atoms with Crippen molar-refractivity contribution in [2.24, 2.45) is 0 Å². The van der Waals surface area contributed by atoms with Crippen molar-refractivity contribution in [3.63, 3.8) is 0 Å². The zero-order valence-electron chi connectivity index (χ0n) is 19.2. The Labute approximate surface area is 193 Å². The minimum Gasteiger partial charge on any atom is -0.466 e. The Kier molecular flexibility index (Phi) is 16.7. The summed E-state index contributed by atoms with van der Waals surface area (Å²) in [5.41, 5.74) is 0.746. The summed E-state index contributed by atoms with van der Waals surface area (Å²) >= 11 is 5.83. The Balaban J connectivity index is 1.78. The van der Waals surface area contributed by atoms with E-state index in [9.17, 15) is 9.59 Å². The molecule has 0 heterocycles. The molecule has 31 heavy (non-hydrogen) atoms. The number of hydrogen-bond acceptors (Lipinski definition) is 3. The second kappa shape index (κ2) is 19.0. The van der Waals surface area contributed by atoms with Crippen molar-refractivity contribution in [2.45, 2.75) is 96.8 Å². The summed E-state index contributed by atoms with van der Waals surface area (Å²) in [5, 5.41) is 6.35. The van der Waals surface area contributed by atoms with Crippen molar-refractivity contribution >= 4 is 29.3 Å². The molecule has 5 nitrogen and oxygen atoms in total. The van der Waals surface area contributed by atoms with Gasteiger partial charge in [-0.25, -0.2) is 4.79 Å². The van der Waals surface area contributed by atoms with E-state index in [0.717, 1.165) is 31.4 Å². The second-order valence-corrected chi connectivity index (χ2v) is 8.48. The van der Waals surface area contributed by atoms with Crippen molar-refractivity contribution in [3.8, 4) is 0 Å². The van der Waals surface area contributed by atoms with Crippen LogP contribution in [0.4, 0.5) is 10.5 Å². The van der Waals surface area contributed by atoms with Gasteiger partial charge in [0.1, 0.15) is 0 Å². The van der Waals surface area contributed by atoms with Crippen LogP contribution in [0, 0.1) is 0 Å². The van der Waals surface area contributed by atoms with Crippen LogP contribution >= 0.6 is 11.6 Å². The zero-order valence-corrected chi connectivity index (χ0v) is 20.0. The zero-order chi connectivity index (χ0) is 22.6. The van der Waals surface area contributed by atoms with E-state index >= 15 is 0 Å². The minimum absolute atomic E-state index is 0.0570. The molecule has 0 aliphatic rings. The fourth-order valence-corrected chi connectivity index (χ4v) is 3.61. The molecule has 0 aromatic heterocycles. The van der Waals surface area contributed by atoms with Crippen LogP contribution in [0.3, 0.4) is 0 Å². The molecule has 0 radical (unpaired) electrons. The van der Waals surface area contributed by atoms with Crippen LogP contribution < -0.4 is 10.6 Å². The maximum absolute atomic E-state index is 11.8. The van der Waals surface area contributed by atoms with Crippen molar-refractivity contribution in [1.29, 1.82) is 0 Å². The molecule has 176 valence electrons. The van der Waals surface area contributed by atoms with Gasteiger partial charge >= 0.3 is 12.0 Å². The van der Waals surface area contributed by atoms with Gasteiger partial charge in [0.25, 0.3) is 0 Å². The number of hydrogen-bond donors (Lipinski definition) is 2. The number of ether oxygens (including phenoxy) is 1. The average molecular weight is 453 g/mol. The number of rotatable bonds is 18. The predicted octanol–water partition coefficient (Wildman–Crippen LogP) is 7.49. The van der Waals surface area contributed by atoms with Crippen LogP contribution in [0.2, 0.25) is 5.02 Å². The van der Waals surface area contributed by atoms with E-state index < -0.39 is 0 Å². The quantitative estimate of drug-likeness (QED) is 0.179. The lowest BCUT2D eigenvalue weighted by Crippen LogP contribution is -2.29. The second-order valence-electron chi connectivity index (χ2n) is 8.04. The summed E-state index contributed by atoms with van der Waals surface area (Å²) in [4.78, 5) is 23.0. The monoisotopic (exact) mass is 452 g/mol. The third-order valence-electron chi connectivity index (χ3n) is 5.25. The number of unbranched alkanes of at least 4 members (excludes halogenated alkanes) is 12. The molecule has 6 heteroatoms. The molecular formula is C25H41ClN2O3. The number of halogens is 1. The molecule has 0 saturated carbocycles. The van der Waals surface area contributed by atoms with Crippen LogP contribution in [0.15, 0.2) is 24.3 Å². The van der Waals surface area contributed by atoms with Crippen LogP contribution in [0.1, 0.15) is 96.8 Å². The van der Waals surface area contributed by atoms with Crippen molar-refractivity contribution in [2.75, 3.05) is 18.5 Å². The van der Waals surface area contributed by atoms with Crippen LogP contribution in [-0.2, 0) is 9.53 Å². The fourth-order valence-electron chi connectivity index (χ4n) is 3.48. The van der Waals surface area contributed by atoms with E-state index in [2.05, 4.69) is 10.6 Å². The number of amides is 2.